The molecule has 0 saturated carbocycles. The van der Waals surface area contributed by atoms with Gasteiger partial charge in [-0.05, 0) is 75.8 Å². The third kappa shape index (κ3) is 8.10. The van der Waals surface area contributed by atoms with Crippen molar-refractivity contribution in [3.05, 3.63) is 88.9 Å². The smallest absolute Gasteiger partial charge is 0.248 e. The van der Waals surface area contributed by atoms with E-state index in [-0.39, 0.29) is 5.69 Å². The van der Waals surface area contributed by atoms with Gasteiger partial charge in [-0.1, -0.05) is 72.2 Å². The summed E-state index contributed by atoms with van der Waals surface area (Å²) in [5.74, 6) is -1.31. The van der Waals surface area contributed by atoms with Crippen molar-refractivity contribution in [3.63, 3.8) is 0 Å². The first kappa shape index (κ1) is 34.3. The van der Waals surface area contributed by atoms with Gasteiger partial charge in [0.1, 0.15) is 29.0 Å². The van der Waals surface area contributed by atoms with Crippen LogP contribution >= 0.6 is 0 Å². The van der Waals surface area contributed by atoms with Crippen molar-refractivity contribution in [1.29, 1.82) is 0 Å². The summed E-state index contributed by atoms with van der Waals surface area (Å²) < 4.78 is 29.2. The predicted molar refractivity (Wildman–Crippen MR) is 171 cm³/mol. The molecular formula is C34H45F2N5O. The molecule has 0 radical (unpaired) electrons. The van der Waals surface area contributed by atoms with Crippen LogP contribution in [-0.4, -0.2) is 40.4 Å². The Balaban J connectivity index is 0.000000438. The van der Waals surface area contributed by atoms with Gasteiger partial charge in [0.2, 0.25) is 5.91 Å². The maximum absolute atomic E-state index is 14.6. The summed E-state index contributed by atoms with van der Waals surface area (Å²) >= 11 is 0. The van der Waals surface area contributed by atoms with Gasteiger partial charge < -0.3 is 10.6 Å². The number of halogens is 2. The van der Waals surface area contributed by atoms with Crippen molar-refractivity contribution < 1.29 is 13.6 Å². The standard InChI is InChI=1S/C23H18F2N4O.C9H21N.C2H6/c1-12-10-11-17-20(15-6-4-7-16(13(15)2)22(26)30)27-14(3)28-23(17)29(12)21-18(24)8-5-9-19(21)25;1-4-7-8-9-10(5-2)6-3;1-2/h4-11H,1H2,2-3H3,(H2,26,30);4-9H2,1-3H3;1-2H3. The van der Waals surface area contributed by atoms with Crippen LogP contribution < -0.4 is 10.6 Å². The first-order valence-electron chi connectivity index (χ1n) is 14.8. The SMILES string of the molecule is C=C1C=Cc2c(-c3cccc(C(N)=O)c3C)nc(C)nc2N1c1c(F)cccc1F.CC.CCCCCN(CC)CC. The molecule has 3 aromatic rings. The summed E-state index contributed by atoms with van der Waals surface area (Å²) in [5, 5.41) is 0. The van der Waals surface area contributed by atoms with E-state index in [1.807, 2.05) is 19.9 Å². The van der Waals surface area contributed by atoms with Gasteiger partial charge in [0.05, 0.1) is 5.69 Å². The van der Waals surface area contributed by atoms with Crippen molar-refractivity contribution in [1.82, 2.24) is 14.9 Å². The topological polar surface area (TPSA) is 75.3 Å². The summed E-state index contributed by atoms with van der Waals surface area (Å²) in [6.07, 6.45) is 7.48. The lowest BCUT2D eigenvalue weighted by Crippen LogP contribution is -2.23. The average molecular weight is 578 g/mol. The van der Waals surface area contributed by atoms with Crippen LogP contribution in [-0.2, 0) is 0 Å². The maximum Gasteiger partial charge on any atom is 0.248 e. The summed E-state index contributed by atoms with van der Waals surface area (Å²) in [6.45, 7) is 21.8. The third-order valence-electron chi connectivity index (χ3n) is 6.97. The average Bonchev–Trinajstić information content (AvgIpc) is 2.97. The van der Waals surface area contributed by atoms with Crippen LogP contribution in [0.2, 0.25) is 0 Å². The number of carbonyl (C=O) groups is 1. The van der Waals surface area contributed by atoms with E-state index in [9.17, 15) is 13.6 Å². The number of nitrogens with two attached hydrogens (primary N) is 1. The molecule has 6 nitrogen and oxygen atoms in total. The molecule has 0 bridgehead atoms. The van der Waals surface area contributed by atoms with Crippen LogP contribution in [0.4, 0.5) is 20.3 Å². The number of primary amides is 1. The van der Waals surface area contributed by atoms with Crippen molar-refractivity contribution >= 4 is 23.5 Å². The second-order valence-electron chi connectivity index (χ2n) is 9.66. The summed E-state index contributed by atoms with van der Waals surface area (Å²) in [6, 6.07) is 8.83. The minimum Gasteiger partial charge on any atom is -0.366 e. The molecule has 0 spiro atoms. The van der Waals surface area contributed by atoms with Gasteiger partial charge in [-0.15, -0.1) is 0 Å². The first-order valence-corrected chi connectivity index (χ1v) is 14.8. The molecule has 1 aliphatic rings. The monoisotopic (exact) mass is 577 g/mol. The third-order valence-corrected chi connectivity index (χ3v) is 6.97. The van der Waals surface area contributed by atoms with Gasteiger partial charge in [0, 0.05) is 22.4 Å². The molecule has 0 saturated heterocycles. The Kier molecular flexibility index (Phi) is 13.5. The normalized spacial score (nSPS) is 11.9. The fraction of sp³-hybridized carbons (Fsp3) is 0.382. The maximum atomic E-state index is 14.6. The van der Waals surface area contributed by atoms with E-state index in [1.165, 1.54) is 62.0 Å². The molecule has 2 aromatic carbocycles. The molecule has 0 fully saturated rings. The minimum absolute atomic E-state index is 0.264. The number of anilines is 2. The fourth-order valence-electron chi connectivity index (χ4n) is 4.72. The zero-order valence-electron chi connectivity index (χ0n) is 26.1. The highest BCUT2D eigenvalue weighted by Crippen LogP contribution is 2.42. The van der Waals surface area contributed by atoms with Crippen molar-refractivity contribution in [3.8, 4) is 11.3 Å². The molecule has 8 heteroatoms. The molecule has 1 aliphatic heterocycles. The Bertz CT molecular complexity index is 1380. The molecule has 0 atom stereocenters. The molecule has 0 aliphatic carbocycles. The van der Waals surface area contributed by atoms with Gasteiger partial charge in [-0.25, -0.2) is 18.7 Å². The van der Waals surface area contributed by atoms with Crippen LogP contribution in [0.25, 0.3) is 17.3 Å². The first-order chi connectivity index (χ1) is 20.1. The number of aromatic nitrogens is 2. The lowest BCUT2D eigenvalue weighted by Gasteiger charge is -2.30. The number of carbonyl (C=O) groups excluding carboxylic acids is 1. The number of benzene rings is 2. The number of amides is 1. The lowest BCUT2D eigenvalue weighted by atomic mass is 9.95. The number of allylic oxidation sites excluding steroid dienone is 1. The zero-order chi connectivity index (χ0) is 31.4. The molecule has 226 valence electrons. The Morgan fingerprint density at radius 2 is 1.57 bits per heavy atom. The van der Waals surface area contributed by atoms with Crippen LogP contribution in [0.1, 0.15) is 81.2 Å². The van der Waals surface area contributed by atoms with Crippen molar-refractivity contribution in [2.45, 2.75) is 67.7 Å². The van der Waals surface area contributed by atoms with E-state index in [1.54, 1.807) is 38.1 Å². The van der Waals surface area contributed by atoms with Gasteiger partial charge >= 0.3 is 0 Å². The summed E-state index contributed by atoms with van der Waals surface area (Å²) in [4.78, 5) is 24.6. The zero-order valence-corrected chi connectivity index (χ0v) is 26.1. The second kappa shape index (κ2) is 16.5. The van der Waals surface area contributed by atoms with Crippen molar-refractivity contribution in [2.24, 2.45) is 5.73 Å². The number of aryl methyl sites for hydroxylation is 1. The molecule has 1 aromatic heterocycles. The van der Waals surface area contributed by atoms with Crippen LogP contribution in [0.3, 0.4) is 0 Å². The quantitative estimate of drug-likeness (QED) is 0.259. The van der Waals surface area contributed by atoms with Gasteiger partial charge in [0.25, 0.3) is 0 Å². The lowest BCUT2D eigenvalue weighted by molar-refractivity contribution is 0.0999. The number of hydrogen-bond acceptors (Lipinski definition) is 5. The highest BCUT2D eigenvalue weighted by molar-refractivity contribution is 5.97. The number of rotatable bonds is 9. The highest BCUT2D eigenvalue weighted by atomic mass is 19.1. The molecule has 4 rings (SSSR count). The Labute approximate surface area is 250 Å². The van der Waals surface area contributed by atoms with E-state index in [0.29, 0.717) is 45.3 Å². The largest absolute Gasteiger partial charge is 0.366 e. The Morgan fingerprint density at radius 3 is 2.14 bits per heavy atom. The van der Waals surface area contributed by atoms with E-state index in [0.717, 1.165) is 0 Å². The highest BCUT2D eigenvalue weighted by Gasteiger charge is 2.28. The van der Waals surface area contributed by atoms with E-state index < -0.39 is 17.5 Å². The second-order valence-corrected chi connectivity index (χ2v) is 9.66. The molecule has 2 heterocycles. The van der Waals surface area contributed by atoms with Gasteiger partial charge in [0.15, 0.2) is 0 Å². The minimum atomic E-state index is -0.734. The van der Waals surface area contributed by atoms with E-state index >= 15 is 0 Å². The summed E-state index contributed by atoms with van der Waals surface area (Å²) in [5.41, 5.74) is 8.38. The molecule has 2 N–H and O–H groups in total. The number of fused-ring (bicyclic) bond motifs is 1. The van der Waals surface area contributed by atoms with E-state index in [2.05, 4.69) is 42.2 Å². The van der Waals surface area contributed by atoms with Gasteiger partial charge in [-0.3, -0.25) is 9.69 Å². The predicted octanol–water partition coefficient (Wildman–Crippen LogP) is 8.36. The van der Waals surface area contributed by atoms with Crippen molar-refractivity contribution in [2.75, 3.05) is 24.5 Å². The molecular weight excluding hydrogens is 532 g/mol. The van der Waals surface area contributed by atoms with Crippen LogP contribution in [0.15, 0.2) is 54.8 Å². The van der Waals surface area contributed by atoms with E-state index in [4.69, 9.17) is 5.73 Å². The molecule has 42 heavy (non-hydrogen) atoms. The Hall–Kier alpha value is -3.91. The number of para-hydroxylation sites is 1. The molecule has 0 unspecified atom stereocenters. The number of hydrogen-bond donors (Lipinski definition) is 1. The number of nitrogens with zero attached hydrogens (tertiary/aromatic N) is 4. The summed E-state index contributed by atoms with van der Waals surface area (Å²) in [7, 11) is 0. The number of unbranched alkanes of at least 4 members (excludes halogenated alkanes) is 2. The fourth-order valence-corrected chi connectivity index (χ4v) is 4.72. The van der Waals surface area contributed by atoms with Crippen LogP contribution in [0, 0.1) is 25.5 Å². The molecule has 1 amide bonds. The van der Waals surface area contributed by atoms with Crippen LogP contribution in [0.5, 0.6) is 0 Å². The Morgan fingerprint density at radius 1 is 0.952 bits per heavy atom. The van der Waals surface area contributed by atoms with Gasteiger partial charge in [-0.2, -0.15) is 0 Å².